The minimum atomic E-state index is -0.306. The fraction of sp³-hybridized carbons (Fsp3) is 0.609. The number of nitrogens with zero attached hydrogens (tertiary/aromatic N) is 2. The number of benzene rings is 1. The monoisotopic (exact) mass is 386 g/mol. The fourth-order valence-corrected chi connectivity index (χ4v) is 4.88. The number of halogens is 1. The molecule has 5 heteroatoms. The molecule has 3 aliphatic heterocycles. The van der Waals surface area contributed by atoms with Crippen LogP contribution in [0.1, 0.15) is 57.1 Å². The summed E-state index contributed by atoms with van der Waals surface area (Å²) in [6, 6.07) is 6.17. The maximum Gasteiger partial charge on any atom is 0.244 e. The number of likely N-dealkylation sites (tertiary alicyclic amines) is 2. The molecule has 3 aliphatic rings. The first-order chi connectivity index (χ1) is 13.6. The summed E-state index contributed by atoms with van der Waals surface area (Å²) in [5, 5.41) is 0. The number of hydrogen-bond acceptors (Lipinski definition) is 3. The molecule has 1 aromatic carbocycles. The van der Waals surface area contributed by atoms with Gasteiger partial charge in [0.05, 0.1) is 12.2 Å². The highest BCUT2D eigenvalue weighted by atomic mass is 19.1. The highest BCUT2D eigenvalue weighted by molar-refractivity contribution is 5.83. The van der Waals surface area contributed by atoms with Crippen LogP contribution in [0.2, 0.25) is 0 Å². The molecule has 2 fully saturated rings. The van der Waals surface area contributed by atoms with Gasteiger partial charge in [0.15, 0.2) is 0 Å². The van der Waals surface area contributed by atoms with E-state index in [1.165, 1.54) is 24.1 Å². The summed E-state index contributed by atoms with van der Waals surface area (Å²) in [6.07, 6.45) is 8.44. The molecule has 152 valence electrons. The second-order valence-electron chi connectivity index (χ2n) is 8.53. The Hall–Kier alpha value is -1.72. The summed E-state index contributed by atoms with van der Waals surface area (Å²) >= 11 is 0. The third-order valence-corrected chi connectivity index (χ3v) is 6.49. The van der Waals surface area contributed by atoms with Crippen molar-refractivity contribution in [3.8, 4) is 0 Å². The Bertz CT molecular complexity index is 717. The molecular formula is C23H31FN2O2. The molecule has 2 saturated heterocycles. The molecule has 0 N–H and O–H groups in total. The Morgan fingerprint density at radius 1 is 1.07 bits per heavy atom. The zero-order valence-corrected chi connectivity index (χ0v) is 16.8. The SMILES string of the molecule is CC1=CC2(CCN(C(=O)C(c3ccc(F)cc3)N3CCCCC3)CC2)OCC1. The second kappa shape index (κ2) is 8.34. The molecule has 0 aromatic heterocycles. The largest absolute Gasteiger partial charge is 0.370 e. The first-order valence-electron chi connectivity index (χ1n) is 10.7. The number of rotatable bonds is 3. The second-order valence-corrected chi connectivity index (χ2v) is 8.53. The summed E-state index contributed by atoms with van der Waals surface area (Å²) < 4.78 is 19.6. The Balaban J connectivity index is 1.51. The van der Waals surface area contributed by atoms with Crippen LogP contribution in [0.3, 0.4) is 0 Å². The summed E-state index contributed by atoms with van der Waals surface area (Å²) in [6.45, 7) is 6.24. The predicted molar refractivity (Wildman–Crippen MR) is 107 cm³/mol. The van der Waals surface area contributed by atoms with E-state index in [4.69, 9.17) is 4.74 Å². The van der Waals surface area contributed by atoms with Crippen molar-refractivity contribution >= 4 is 5.91 Å². The number of amides is 1. The zero-order chi connectivity index (χ0) is 19.6. The quantitative estimate of drug-likeness (QED) is 0.734. The van der Waals surface area contributed by atoms with Crippen molar-refractivity contribution in [1.82, 2.24) is 9.80 Å². The van der Waals surface area contributed by atoms with E-state index in [0.29, 0.717) is 13.1 Å². The van der Waals surface area contributed by atoms with Gasteiger partial charge in [0, 0.05) is 13.1 Å². The molecular weight excluding hydrogens is 355 g/mol. The van der Waals surface area contributed by atoms with E-state index in [-0.39, 0.29) is 23.4 Å². The summed E-state index contributed by atoms with van der Waals surface area (Å²) in [5.74, 6) is -0.106. The van der Waals surface area contributed by atoms with Gasteiger partial charge in [0.25, 0.3) is 0 Å². The molecule has 1 atom stereocenters. The lowest BCUT2D eigenvalue weighted by Crippen LogP contribution is -2.52. The predicted octanol–water partition coefficient (Wildman–Crippen LogP) is 4.08. The van der Waals surface area contributed by atoms with Crippen LogP contribution in [0.15, 0.2) is 35.9 Å². The van der Waals surface area contributed by atoms with Gasteiger partial charge in [-0.15, -0.1) is 0 Å². The fourth-order valence-electron chi connectivity index (χ4n) is 4.88. The number of carbonyl (C=O) groups excluding carboxylic acids is 1. The molecule has 0 bridgehead atoms. The van der Waals surface area contributed by atoms with Crippen LogP contribution in [-0.2, 0) is 9.53 Å². The molecule has 1 unspecified atom stereocenters. The average Bonchev–Trinajstić information content (AvgIpc) is 2.71. The van der Waals surface area contributed by atoms with Crippen LogP contribution >= 0.6 is 0 Å². The molecule has 3 heterocycles. The smallest absolute Gasteiger partial charge is 0.244 e. The van der Waals surface area contributed by atoms with Crippen molar-refractivity contribution in [1.29, 1.82) is 0 Å². The lowest BCUT2D eigenvalue weighted by Gasteiger charge is -2.44. The Labute approximate surface area is 167 Å². The van der Waals surface area contributed by atoms with Crippen LogP contribution in [0, 0.1) is 5.82 Å². The minimum absolute atomic E-state index is 0.153. The van der Waals surface area contributed by atoms with Crippen molar-refractivity contribution < 1.29 is 13.9 Å². The number of piperidine rings is 2. The lowest BCUT2D eigenvalue weighted by atomic mass is 9.86. The highest BCUT2D eigenvalue weighted by Gasteiger charge is 2.39. The van der Waals surface area contributed by atoms with E-state index >= 15 is 0 Å². The third-order valence-electron chi connectivity index (χ3n) is 6.49. The van der Waals surface area contributed by atoms with Gasteiger partial charge in [-0.2, -0.15) is 0 Å². The zero-order valence-electron chi connectivity index (χ0n) is 16.8. The summed E-state index contributed by atoms with van der Waals surface area (Å²) in [5.41, 5.74) is 2.11. The normalized spacial score (nSPS) is 24.1. The Morgan fingerprint density at radius 2 is 1.75 bits per heavy atom. The van der Waals surface area contributed by atoms with Gasteiger partial charge >= 0.3 is 0 Å². The van der Waals surface area contributed by atoms with E-state index in [1.54, 1.807) is 12.1 Å². The Kier molecular flexibility index (Phi) is 5.83. The minimum Gasteiger partial charge on any atom is -0.370 e. The van der Waals surface area contributed by atoms with Gasteiger partial charge in [-0.05, 0) is 69.8 Å². The van der Waals surface area contributed by atoms with Gasteiger partial charge in [0.1, 0.15) is 11.9 Å². The van der Waals surface area contributed by atoms with Gasteiger partial charge in [0.2, 0.25) is 5.91 Å². The maximum atomic E-state index is 13.6. The summed E-state index contributed by atoms with van der Waals surface area (Å²) in [4.78, 5) is 17.8. The van der Waals surface area contributed by atoms with Crippen LogP contribution in [0.5, 0.6) is 0 Å². The average molecular weight is 387 g/mol. The first-order valence-corrected chi connectivity index (χ1v) is 10.7. The number of hydrogen-bond donors (Lipinski definition) is 0. The number of ether oxygens (including phenoxy) is 1. The van der Waals surface area contributed by atoms with Gasteiger partial charge < -0.3 is 9.64 Å². The molecule has 1 aromatic rings. The molecule has 0 aliphatic carbocycles. The van der Waals surface area contributed by atoms with Crippen molar-refractivity contribution in [3.05, 3.63) is 47.3 Å². The van der Waals surface area contributed by atoms with Crippen LogP contribution < -0.4 is 0 Å². The molecule has 1 spiro atoms. The van der Waals surface area contributed by atoms with Crippen LogP contribution in [0.4, 0.5) is 4.39 Å². The van der Waals surface area contributed by atoms with Crippen molar-refractivity contribution in [2.45, 2.75) is 57.1 Å². The van der Waals surface area contributed by atoms with E-state index in [9.17, 15) is 9.18 Å². The molecule has 28 heavy (non-hydrogen) atoms. The van der Waals surface area contributed by atoms with Crippen molar-refractivity contribution in [3.63, 3.8) is 0 Å². The maximum absolute atomic E-state index is 13.6. The van der Waals surface area contributed by atoms with Crippen molar-refractivity contribution in [2.24, 2.45) is 0 Å². The molecule has 0 radical (unpaired) electrons. The van der Waals surface area contributed by atoms with Crippen LogP contribution in [0.25, 0.3) is 0 Å². The van der Waals surface area contributed by atoms with E-state index in [0.717, 1.165) is 57.4 Å². The molecule has 4 rings (SSSR count). The number of carbonyl (C=O) groups is 1. The highest BCUT2D eigenvalue weighted by Crippen LogP contribution is 2.35. The first kappa shape index (κ1) is 19.6. The molecule has 4 nitrogen and oxygen atoms in total. The lowest BCUT2D eigenvalue weighted by molar-refractivity contribution is -0.142. The van der Waals surface area contributed by atoms with Gasteiger partial charge in [-0.25, -0.2) is 4.39 Å². The third kappa shape index (κ3) is 4.15. The van der Waals surface area contributed by atoms with Crippen molar-refractivity contribution in [2.75, 3.05) is 32.8 Å². The topological polar surface area (TPSA) is 32.8 Å². The van der Waals surface area contributed by atoms with Gasteiger partial charge in [-0.3, -0.25) is 9.69 Å². The van der Waals surface area contributed by atoms with E-state index in [1.807, 2.05) is 4.90 Å². The Morgan fingerprint density at radius 3 is 2.39 bits per heavy atom. The summed E-state index contributed by atoms with van der Waals surface area (Å²) in [7, 11) is 0. The van der Waals surface area contributed by atoms with Crippen LogP contribution in [-0.4, -0.2) is 54.1 Å². The van der Waals surface area contributed by atoms with Gasteiger partial charge in [-0.1, -0.05) is 30.2 Å². The molecule has 1 amide bonds. The van der Waals surface area contributed by atoms with E-state index in [2.05, 4.69) is 17.9 Å². The molecule has 0 saturated carbocycles. The standard InChI is InChI=1S/C23H31FN2O2/c1-18-9-16-28-23(17-18)10-14-26(15-11-23)22(27)21(25-12-3-2-4-13-25)19-5-7-20(24)8-6-19/h5-8,17,21H,2-4,9-16H2,1H3. The van der Waals surface area contributed by atoms with E-state index < -0.39 is 0 Å².